The number of carbonyl (C=O) groups is 1. The van der Waals surface area contributed by atoms with Gasteiger partial charge in [-0.3, -0.25) is 9.48 Å². The molecular formula is C14H23ClN4O. The van der Waals surface area contributed by atoms with E-state index in [1.807, 2.05) is 13.1 Å². The summed E-state index contributed by atoms with van der Waals surface area (Å²) in [5.41, 5.74) is 6.26. The molecular weight excluding hydrogens is 276 g/mol. The second kappa shape index (κ2) is 6.14. The molecule has 1 aromatic heterocycles. The summed E-state index contributed by atoms with van der Waals surface area (Å²) in [5, 5.41) is 7.05. The average molecular weight is 299 g/mol. The molecule has 0 saturated heterocycles. The third-order valence-corrected chi connectivity index (χ3v) is 4.86. The normalized spacial score (nSPS) is 32.3. The molecule has 112 valence electrons. The van der Waals surface area contributed by atoms with E-state index >= 15 is 0 Å². The predicted octanol–water partition coefficient (Wildman–Crippen LogP) is 1.93. The summed E-state index contributed by atoms with van der Waals surface area (Å²) in [5.74, 6) is 2.09. The average Bonchev–Trinajstić information content (AvgIpc) is 2.74. The second-order valence-electron chi connectivity index (χ2n) is 6.03. The summed E-state index contributed by atoms with van der Waals surface area (Å²) in [7, 11) is 1.83. The number of aromatic nitrogens is 2. The molecule has 2 unspecified atom stereocenters. The van der Waals surface area contributed by atoms with Crippen LogP contribution in [0.5, 0.6) is 0 Å². The third-order valence-electron chi connectivity index (χ3n) is 4.86. The van der Waals surface area contributed by atoms with Crippen molar-refractivity contribution in [3.63, 3.8) is 0 Å². The van der Waals surface area contributed by atoms with Gasteiger partial charge in [0.25, 0.3) is 0 Å². The van der Waals surface area contributed by atoms with Crippen LogP contribution in [0.1, 0.15) is 32.1 Å². The van der Waals surface area contributed by atoms with Crippen LogP contribution in [0.4, 0.5) is 5.82 Å². The summed E-state index contributed by atoms with van der Waals surface area (Å²) in [6.07, 6.45) is 7.24. The van der Waals surface area contributed by atoms with Crippen molar-refractivity contribution in [3.05, 3.63) is 12.3 Å². The van der Waals surface area contributed by atoms with Gasteiger partial charge in [-0.25, -0.2) is 0 Å². The molecule has 1 heterocycles. The Bertz CT molecular complexity index is 461. The van der Waals surface area contributed by atoms with Crippen LogP contribution in [0.3, 0.4) is 0 Å². The van der Waals surface area contributed by atoms with Crippen LogP contribution in [-0.2, 0) is 11.8 Å². The number of hydrogen-bond acceptors (Lipinski definition) is 3. The van der Waals surface area contributed by atoms with Crippen molar-refractivity contribution < 1.29 is 4.79 Å². The van der Waals surface area contributed by atoms with Gasteiger partial charge in [0.15, 0.2) is 0 Å². The number of nitrogens with zero attached hydrogens (tertiary/aromatic N) is 2. The van der Waals surface area contributed by atoms with E-state index in [1.165, 1.54) is 19.3 Å². The minimum absolute atomic E-state index is 0. The Morgan fingerprint density at radius 2 is 2.05 bits per heavy atom. The molecule has 5 nitrogen and oxygen atoms in total. The summed E-state index contributed by atoms with van der Waals surface area (Å²) in [6, 6.07) is 2.14. The standard InChI is InChI=1S/C14H22N4O.ClH/c1-18-12(5-6-16-18)17-14(19)11-7-9-3-2-4-10(8-11)13(9)15;/h5-6,9-11,13H,2-4,7-8,15H2,1H3,(H,17,19);1H. The Labute approximate surface area is 125 Å². The maximum atomic E-state index is 12.4. The lowest BCUT2D eigenvalue weighted by molar-refractivity contribution is -0.122. The fourth-order valence-corrected chi connectivity index (χ4v) is 3.73. The first-order valence-electron chi connectivity index (χ1n) is 7.19. The van der Waals surface area contributed by atoms with Gasteiger partial charge in [-0.2, -0.15) is 5.10 Å². The van der Waals surface area contributed by atoms with Crippen LogP contribution in [0.25, 0.3) is 0 Å². The molecule has 0 aliphatic heterocycles. The van der Waals surface area contributed by atoms with E-state index in [0.717, 1.165) is 18.7 Å². The van der Waals surface area contributed by atoms with Crippen molar-refractivity contribution in [1.82, 2.24) is 9.78 Å². The number of halogens is 1. The SMILES string of the molecule is Cl.Cn1nccc1NC(=O)C1CC2CCCC(C1)C2N. The number of nitrogens with one attached hydrogen (secondary N) is 1. The van der Waals surface area contributed by atoms with Gasteiger partial charge in [-0.1, -0.05) is 6.42 Å². The van der Waals surface area contributed by atoms with E-state index in [2.05, 4.69) is 10.4 Å². The number of rotatable bonds is 2. The van der Waals surface area contributed by atoms with E-state index in [4.69, 9.17) is 5.73 Å². The number of hydrogen-bond donors (Lipinski definition) is 2. The van der Waals surface area contributed by atoms with Crippen LogP contribution < -0.4 is 11.1 Å². The first kappa shape index (κ1) is 15.3. The van der Waals surface area contributed by atoms with Gasteiger partial charge in [0.05, 0.1) is 6.20 Å². The zero-order chi connectivity index (χ0) is 13.4. The van der Waals surface area contributed by atoms with Crippen LogP contribution in [-0.4, -0.2) is 21.7 Å². The minimum atomic E-state index is 0. The Kier molecular flexibility index (Phi) is 4.70. The fraction of sp³-hybridized carbons (Fsp3) is 0.714. The van der Waals surface area contributed by atoms with E-state index in [1.54, 1.807) is 10.9 Å². The number of fused-ring (bicyclic) bond motifs is 2. The van der Waals surface area contributed by atoms with Gasteiger partial charge in [0.1, 0.15) is 5.82 Å². The fourth-order valence-electron chi connectivity index (χ4n) is 3.73. The van der Waals surface area contributed by atoms with Crippen LogP contribution in [0.2, 0.25) is 0 Å². The van der Waals surface area contributed by atoms with Gasteiger partial charge >= 0.3 is 0 Å². The van der Waals surface area contributed by atoms with E-state index in [-0.39, 0.29) is 24.2 Å². The number of nitrogens with two attached hydrogens (primary N) is 1. The van der Waals surface area contributed by atoms with Crippen molar-refractivity contribution in [1.29, 1.82) is 0 Å². The maximum absolute atomic E-state index is 12.4. The van der Waals surface area contributed by atoms with Gasteiger partial charge < -0.3 is 11.1 Å². The number of anilines is 1. The highest BCUT2D eigenvalue weighted by atomic mass is 35.5. The number of carbonyl (C=O) groups excluding carboxylic acids is 1. The lowest BCUT2D eigenvalue weighted by atomic mass is 9.65. The van der Waals surface area contributed by atoms with Crippen LogP contribution in [0.15, 0.2) is 12.3 Å². The molecule has 2 bridgehead atoms. The quantitative estimate of drug-likeness (QED) is 0.876. The van der Waals surface area contributed by atoms with Crippen molar-refractivity contribution in [2.45, 2.75) is 38.1 Å². The predicted molar refractivity (Wildman–Crippen MR) is 80.6 cm³/mol. The molecule has 1 aromatic rings. The summed E-state index contributed by atoms with van der Waals surface area (Å²) in [4.78, 5) is 12.4. The maximum Gasteiger partial charge on any atom is 0.228 e. The number of amides is 1. The van der Waals surface area contributed by atoms with Crippen molar-refractivity contribution in [3.8, 4) is 0 Å². The molecule has 20 heavy (non-hydrogen) atoms. The molecule has 0 aromatic carbocycles. The molecule has 3 rings (SSSR count). The Balaban J connectivity index is 0.00000147. The zero-order valence-electron chi connectivity index (χ0n) is 11.8. The lowest BCUT2D eigenvalue weighted by Gasteiger charge is -2.43. The molecule has 1 amide bonds. The van der Waals surface area contributed by atoms with Crippen molar-refractivity contribution in [2.24, 2.45) is 30.5 Å². The molecule has 2 fully saturated rings. The van der Waals surface area contributed by atoms with E-state index in [9.17, 15) is 4.79 Å². The molecule has 0 spiro atoms. The van der Waals surface area contributed by atoms with Crippen molar-refractivity contribution >= 4 is 24.1 Å². The van der Waals surface area contributed by atoms with Crippen molar-refractivity contribution in [2.75, 3.05) is 5.32 Å². The Morgan fingerprint density at radius 3 is 2.60 bits per heavy atom. The molecule has 2 aliphatic carbocycles. The monoisotopic (exact) mass is 298 g/mol. The molecule has 2 aliphatic rings. The summed E-state index contributed by atoms with van der Waals surface area (Å²) < 4.78 is 1.69. The highest BCUT2D eigenvalue weighted by Gasteiger charge is 2.40. The van der Waals surface area contributed by atoms with Gasteiger partial charge in [0, 0.05) is 25.1 Å². The highest BCUT2D eigenvalue weighted by molar-refractivity contribution is 5.91. The highest BCUT2D eigenvalue weighted by Crippen LogP contribution is 2.42. The molecule has 2 atom stereocenters. The van der Waals surface area contributed by atoms with Gasteiger partial charge in [0.2, 0.25) is 5.91 Å². The zero-order valence-corrected chi connectivity index (χ0v) is 12.6. The first-order valence-corrected chi connectivity index (χ1v) is 7.19. The molecule has 3 N–H and O–H groups in total. The summed E-state index contributed by atoms with van der Waals surface area (Å²) in [6.45, 7) is 0. The third kappa shape index (κ3) is 2.83. The Hall–Kier alpha value is -1.07. The van der Waals surface area contributed by atoms with E-state index in [0.29, 0.717) is 17.9 Å². The van der Waals surface area contributed by atoms with E-state index < -0.39 is 0 Å². The lowest BCUT2D eigenvalue weighted by Crippen LogP contribution is -2.48. The summed E-state index contributed by atoms with van der Waals surface area (Å²) >= 11 is 0. The number of aryl methyl sites for hydroxylation is 1. The van der Waals surface area contributed by atoms with Gasteiger partial charge in [-0.05, 0) is 37.5 Å². The molecule has 6 heteroatoms. The second-order valence-corrected chi connectivity index (χ2v) is 6.03. The van der Waals surface area contributed by atoms with Gasteiger partial charge in [-0.15, -0.1) is 12.4 Å². The molecule has 2 saturated carbocycles. The topological polar surface area (TPSA) is 72.9 Å². The largest absolute Gasteiger partial charge is 0.327 e. The first-order chi connectivity index (χ1) is 9.15. The smallest absolute Gasteiger partial charge is 0.228 e. The van der Waals surface area contributed by atoms with Crippen LogP contribution in [0, 0.1) is 17.8 Å². The molecule has 0 radical (unpaired) electrons. The minimum Gasteiger partial charge on any atom is -0.327 e. The Morgan fingerprint density at radius 1 is 1.40 bits per heavy atom. The van der Waals surface area contributed by atoms with Crippen LogP contribution >= 0.6 is 12.4 Å².